The lowest BCUT2D eigenvalue weighted by atomic mass is 10.2. The molecular weight excluding hydrogens is 360 g/mol. The van der Waals surface area contributed by atoms with Crippen molar-refractivity contribution in [3.05, 3.63) is 46.9 Å². The molecule has 1 aromatic heterocycles. The molecule has 2 aromatic rings. The van der Waals surface area contributed by atoms with Crippen LogP contribution in [0.1, 0.15) is 46.1 Å². The number of carboxylic acid groups (broad SMARTS) is 1. The molecule has 1 heterocycles. The van der Waals surface area contributed by atoms with E-state index < -0.39 is 21.9 Å². The highest BCUT2D eigenvalue weighted by Crippen LogP contribution is 2.22. The molecule has 8 nitrogen and oxygen atoms in total. The van der Waals surface area contributed by atoms with E-state index in [0.29, 0.717) is 23.4 Å². The number of aryl methyl sites for hydroxylation is 2. The summed E-state index contributed by atoms with van der Waals surface area (Å²) in [6.07, 6.45) is 0.348. The first-order valence-electron chi connectivity index (χ1n) is 7.95. The van der Waals surface area contributed by atoms with Crippen molar-refractivity contribution in [1.82, 2.24) is 0 Å². The van der Waals surface area contributed by atoms with Crippen LogP contribution < -0.4 is 10.0 Å². The summed E-state index contributed by atoms with van der Waals surface area (Å²) in [5.41, 5.74) is 1.43. The van der Waals surface area contributed by atoms with Gasteiger partial charge in [-0.2, -0.15) is 0 Å². The zero-order valence-electron chi connectivity index (χ0n) is 14.6. The van der Waals surface area contributed by atoms with Crippen LogP contribution in [0.25, 0.3) is 0 Å². The predicted octanol–water partition coefficient (Wildman–Crippen LogP) is 2.86. The highest BCUT2D eigenvalue weighted by atomic mass is 32.2. The van der Waals surface area contributed by atoms with Gasteiger partial charge in [-0.1, -0.05) is 6.92 Å². The summed E-state index contributed by atoms with van der Waals surface area (Å²) >= 11 is 0. The number of nitrogens with one attached hydrogen (secondary N) is 2. The number of carbonyl (C=O) groups excluding carboxylic acids is 1. The molecule has 1 amide bonds. The summed E-state index contributed by atoms with van der Waals surface area (Å²) in [5, 5.41) is 11.7. The monoisotopic (exact) mass is 380 g/mol. The molecule has 0 radical (unpaired) electrons. The summed E-state index contributed by atoms with van der Waals surface area (Å²) < 4.78 is 31.1. The molecule has 0 aliphatic rings. The highest BCUT2D eigenvalue weighted by molar-refractivity contribution is 7.92. The van der Waals surface area contributed by atoms with Gasteiger partial charge in [0.25, 0.3) is 5.91 Å². The first-order valence-corrected chi connectivity index (χ1v) is 9.60. The maximum absolute atomic E-state index is 12.3. The number of furan rings is 1. The Kier molecular flexibility index (Phi) is 5.71. The maximum Gasteiger partial charge on any atom is 0.339 e. The Bertz CT molecular complexity index is 946. The molecule has 1 aromatic carbocycles. The van der Waals surface area contributed by atoms with Crippen molar-refractivity contribution < 1.29 is 27.5 Å². The molecule has 9 heteroatoms. The van der Waals surface area contributed by atoms with Crippen LogP contribution in [0.5, 0.6) is 0 Å². The molecule has 0 atom stereocenters. The number of rotatable bonds is 7. The van der Waals surface area contributed by atoms with Gasteiger partial charge in [0.05, 0.1) is 11.4 Å². The van der Waals surface area contributed by atoms with E-state index in [9.17, 15) is 18.0 Å². The predicted molar refractivity (Wildman–Crippen MR) is 97.3 cm³/mol. The van der Waals surface area contributed by atoms with Crippen molar-refractivity contribution in [2.75, 3.05) is 15.8 Å². The largest absolute Gasteiger partial charge is 0.478 e. The Labute approximate surface area is 151 Å². The minimum atomic E-state index is -3.39. The van der Waals surface area contributed by atoms with Gasteiger partial charge in [0.2, 0.25) is 10.0 Å². The number of benzene rings is 1. The first kappa shape index (κ1) is 19.5. The first-order chi connectivity index (χ1) is 12.2. The van der Waals surface area contributed by atoms with Crippen molar-refractivity contribution in [2.24, 2.45) is 0 Å². The fourth-order valence-corrected chi connectivity index (χ4v) is 2.98. The number of aromatic carboxylic acids is 1. The molecule has 0 unspecified atom stereocenters. The third-order valence-electron chi connectivity index (χ3n) is 3.71. The van der Waals surface area contributed by atoms with Crippen LogP contribution in [-0.4, -0.2) is 31.2 Å². The van der Waals surface area contributed by atoms with E-state index >= 15 is 0 Å². The smallest absolute Gasteiger partial charge is 0.339 e. The normalized spacial score (nSPS) is 11.2. The quantitative estimate of drug-likeness (QED) is 0.678. The number of amides is 1. The maximum atomic E-state index is 12.3. The topological polar surface area (TPSA) is 126 Å². The van der Waals surface area contributed by atoms with Crippen LogP contribution in [-0.2, 0) is 16.4 Å². The minimum absolute atomic E-state index is 0.0434. The molecule has 0 saturated heterocycles. The van der Waals surface area contributed by atoms with E-state index in [0.717, 1.165) is 0 Å². The van der Waals surface area contributed by atoms with E-state index in [1.165, 1.54) is 13.0 Å². The van der Waals surface area contributed by atoms with Gasteiger partial charge in [-0.05, 0) is 37.6 Å². The van der Waals surface area contributed by atoms with Gasteiger partial charge in [0.1, 0.15) is 11.3 Å². The van der Waals surface area contributed by atoms with Gasteiger partial charge in [0.15, 0.2) is 5.76 Å². The summed E-state index contributed by atoms with van der Waals surface area (Å²) in [7, 11) is -3.39. The third kappa shape index (κ3) is 4.42. The molecule has 0 aliphatic carbocycles. The second kappa shape index (κ2) is 7.61. The molecule has 26 heavy (non-hydrogen) atoms. The lowest BCUT2D eigenvalue weighted by Crippen LogP contribution is -2.16. The number of anilines is 2. The second-order valence-electron chi connectivity index (χ2n) is 5.60. The van der Waals surface area contributed by atoms with Gasteiger partial charge in [-0.25, -0.2) is 13.2 Å². The van der Waals surface area contributed by atoms with E-state index in [-0.39, 0.29) is 22.8 Å². The van der Waals surface area contributed by atoms with Gasteiger partial charge in [-0.3, -0.25) is 9.52 Å². The average Bonchev–Trinajstić information content (AvgIpc) is 3.02. The number of hydrogen-bond donors (Lipinski definition) is 3. The summed E-state index contributed by atoms with van der Waals surface area (Å²) in [4.78, 5) is 23.4. The summed E-state index contributed by atoms with van der Waals surface area (Å²) in [5.74, 6) is -1.67. The van der Waals surface area contributed by atoms with Crippen molar-refractivity contribution in [1.29, 1.82) is 0 Å². The summed E-state index contributed by atoms with van der Waals surface area (Å²) in [6, 6.07) is 5.88. The zero-order chi connectivity index (χ0) is 19.5. The molecule has 140 valence electrons. The van der Waals surface area contributed by atoms with Crippen molar-refractivity contribution >= 4 is 33.3 Å². The van der Waals surface area contributed by atoms with Crippen LogP contribution >= 0.6 is 0 Å². The van der Waals surface area contributed by atoms with E-state index in [2.05, 4.69) is 10.0 Å². The minimum Gasteiger partial charge on any atom is -0.478 e. The molecule has 0 fully saturated rings. The number of sulfonamides is 1. The second-order valence-corrected chi connectivity index (χ2v) is 7.61. The molecule has 2 rings (SSSR count). The van der Waals surface area contributed by atoms with Gasteiger partial charge in [-0.15, -0.1) is 0 Å². The molecule has 0 spiro atoms. The molecule has 0 bridgehead atoms. The number of hydrogen-bond acceptors (Lipinski definition) is 5. The van der Waals surface area contributed by atoms with Crippen molar-refractivity contribution in [3.63, 3.8) is 0 Å². The Morgan fingerprint density at radius 2 is 1.88 bits per heavy atom. The zero-order valence-corrected chi connectivity index (χ0v) is 15.4. The van der Waals surface area contributed by atoms with Gasteiger partial charge >= 0.3 is 5.97 Å². The average molecular weight is 380 g/mol. The Morgan fingerprint density at radius 1 is 1.19 bits per heavy atom. The fraction of sp³-hybridized carbons (Fsp3) is 0.294. The molecule has 3 N–H and O–H groups in total. The highest BCUT2D eigenvalue weighted by Gasteiger charge is 2.20. The molecule has 0 aliphatic heterocycles. The van der Waals surface area contributed by atoms with Crippen molar-refractivity contribution in [2.45, 2.75) is 27.2 Å². The van der Waals surface area contributed by atoms with Crippen LogP contribution in [0, 0.1) is 6.92 Å². The fourth-order valence-electron chi connectivity index (χ4n) is 2.27. The Hall–Kier alpha value is -2.81. The standard InChI is InChI=1S/C17H20N2O6S/c1-4-14-12(17(21)22)9-15(25-14)16(20)18-11-6-7-13(10(3)8-11)19-26(23,24)5-2/h6-9,19H,4-5H2,1-3H3,(H,18,20)(H,21,22). The molecular formula is C17H20N2O6S. The number of carbonyl (C=O) groups is 2. The van der Waals surface area contributed by atoms with Gasteiger partial charge < -0.3 is 14.8 Å². The third-order valence-corrected chi connectivity index (χ3v) is 5.01. The van der Waals surface area contributed by atoms with Crippen molar-refractivity contribution in [3.8, 4) is 0 Å². The number of carboxylic acids is 1. The SMILES string of the molecule is CCc1oc(C(=O)Nc2ccc(NS(=O)(=O)CC)c(C)c2)cc1C(=O)O. The summed E-state index contributed by atoms with van der Waals surface area (Å²) in [6.45, 7) is 4.96. The Morgan fingerprint density at radius 3 is 2.38 bits per heavy atom. The van der Waals surface area contributed by atoms with E-state index in [4.69, 9.17) is 9.52 Å². The van der Waals surface area contributed by atoms with Crippen LogP contribution in [0.3, 0.4) is 0 Å². The Balaban J connectivity index is 2.20. The van der Waals surface area contributed by atoms with E-state index in [1.807, 2.05) is 0 Å². The van der Waals surface area contributed by atoms with Crippen LogP contribution in [0.4, 0.5) is 11.4 Å². The lowest BCUT2D eigenvalue weighted by Gasteiger charge is -2.11. The molecule has 0 saturated carbocycles. The lowest BCUT2D eigenvalue weighted by molar-refractivity contribution is 0.0694. The van der Waals surface area contributed by atoms with Gasteiger partial charge in [0, 0.05) is 18.2 Å². The van der Waals surface area contributed by atoms with Crippen LogP contribution in [0.15, 0.2) is 28.7 Å². The van der Waals surface area contributed by atoms with E-state index in [1.54, 1.807) is 32.0 Å². The van der Waals surface area contributed by atoms with Crippen LogP contribution in [0.2, 0.25) is 0 Å².